The SMILES string of the molecule is OCC1CCCC1NC(c1cccs1)c1ccc(Cl)s1. The molecule has 20 heavy (non-hydrogen) atoms. The molecule has 0 saturated heterocycles. The van der Waals surface area contributed by atoms with Crippen LogP contribution in [0.15, 0.2) is 29.6 Å². The zero-order valence-electron chi connectivity index (χ0n) is 11.1. The van der Waals surface area contributed by atoms with Crippen molar-refractivity contribution in [2.75, 3.05) is 6.61 Å². The Kier molecular flexibility index (Phi) is 4.79. The molecule has 5 heteroatoms. The lowest BCUT2D eigenvalue weighted by molar-refractivity contribution is 0.202. The summed E-state index contributed by atoms with van der Waals surface area (Å²) in [7, 11) is 0. The van der Waals surface area contributed by atoms with Crippen LogP contribution in [0.4, 0.5) is 0 Å². The van der Waals surface area contributed by atoms with Crippen molar-refractivity contribution in [1.82, 2.24) is 5.32 Å². The molecule has 0 bridgehead atoms. The predicted octanol–water partition coefficient (Wildman–Crippen LogP) is 4.30. The van der Waals surface area contributed by atoms with Crippen LogP contribution in [0.1, 0.15) is 35.1 Å². The van der Waals surface area contributed by atoms with Crippen LogP contribution < -0.4 is 5.32 Å². The summed E-state index contributed by atoms with van der Waals surface area (Å²) in [5, 5.41) is 15.4. The Morgan fingerprint density at radius 1 is 1.30 bits per heavy atom. The van der Waals surface area contributed by atoms with Crippen molar-refractivity contribution in [2.45, 2.75) is 31.3 Å². The van der Waals surface area contributed by atoms with Gasteiger partial charge in [-0.05, 0) is 42.3 Å². The van der Waals surface area contributed by atoms with Crippen molar-refractivity contribution in [3.8, 4) is 0 Å². The smallest absolute Gasteiger partial charge is 0.0931 e. The number of aliphatic hydroxyl groups is 1. The van der Waals surface area contributed by atoms with Crippen molar-refractivity contribution in [3.05, 3.63) is 43.7 Å². The Bertz CT molecular complexity index is 540. The molecule has 0 aromatic carbocycles. The van der Waals surface area contributed by atoms with Crippen LogP contribution in [0, 0.1) is 5.92 Å². The molecule has 3 rings (SSSR count). The Hall–Kier alpha value is -0.390. The van der Waals surface area contributed by atoms with E-state index < -0.39 is 0 Å². The van der Waals surface area contributed by atoms with Gasteiger partial charge in [0.25, 0.3) is 0 Å². The number of thiophene rings is 2. The number of rotatable bonds is 5. The number of aliphatic hydroxyl groups excluding tert-OH is 1. The molecule has 2 heterocycles. The van der Waals surface area contributed by atoms with E-state index in [9.17, 15) is 5.11 Å². The number of hydrogen-bond donors (Lipinski definition) is 2. The van der Waals surface area contributed by atoms with Crippen LogP contribution in [-0.4, -0.2) is 17.8 Å². The van der Waals surface area contributed by atoms with E-state index in [1.807, 2.05) is 6.07 Å². The van der Waals surface area contributed by atoms with E-state index in [0.717, 1.165) is 17.2 Å². The van der Waals surface area contributed by atoms with Crippen LogP contribution in [0.2, 0.25) is 4.34 Å². The minimum Gasteiger partial charge on any atom is -0.396 e. The van der Waals surface area contributed by atoms with Gasteiger partial charge in [-0.2, -0.15) is 0 Å². The van der Waals surface area contributed by atoms with E-state index in [0.29, 0.717) is 12.0 Å². The number of halogens is 1. The van der Waals surface area contributed by atoms with Crippen molar-refractivity contribution < 1.29 is 5.11 Å². The van der Waals surface area contributed by atoms with E-state index in [1.54, 1.807) is 22.7 Å². The molecule has 1 aliphatic carbocycles. The standard InChI is InChI=1S/C15H18ClNOS2/c16-14-7-6-13(20-14)15(12-5-2-8-19-12)17-11-4-1-3-10(11)9-18/h2,5-8,10-11,15,17-18H,1,3-4,9H2. The highest BCUT2D eigenvalue weighted by atomic mass is 35.5. The van der Waals surface area contributed by atoms with Crippen molar-refractivity contribution >= 4 is 34.3 Å². The molecule has 0 spiro atoms. The Morgan fingerprint density at radius 2 is 2.20 bits per heavy atom. The lowest BCUT2D eigenvalue weighted by Crippen LogP contribution is -2.36. The first-order valence-electron chi connectivity index (χ1n) is 6.93. The first-order chi connectivity index (χ1) is 9.78. The molecule has 2 nitrogen and oxygen atoms in total. The van der Waals surface area contributed by atoms with E-state index in [-0.39, 0.29) is 12.6 Å². The van der Waals surface area contributed by atoms with Crippen molar-refractivity contribution in [1.29, 1.82) is 0 Å². The fourth-order valence-electron chi connectivity index (χ4n) is 2.93. The maximum atomic E-state index is 9.50. The van der Waals surface area contributed by atoms with Gasteiger partial charge in [0.05, 0.1) is 10.4 Å². The molecule has 3 atom stereocenters. The topological polar surface area (TPSA) is 32.3 Å². The van der Waals surface area contributed by atoms with Gasteiger partial charge in [0, 0.05) is 22.4 Å². The Balaban J connectivity index is 1.83. The summed E-state index contributed by atoms with van der Waals surface area (Å²) >= 11 is 9.49. The van der Waals surface area contributed by atoms with E-state index >= 15 is 0 Å². The molecule has 3 unspecified atom stereocenters. The largest absolute Gasteiger partial charge is 0.396 e. The molecule has 2 aromatic rings. The van der Waals surface area contributed by atoms with Crippen LogP contribution in [0.3, 0.4) is 0 Å². The summed E-state index contributed by atoms with van der Waals surface area (Å²) in [5.41, 5.74) is 0. The molecule has 0 amide bonds. The minimum absolute atomic E-state index is 0.199. The molecule has 0 aliphatic heterocycles. The summed E-state index contributed by atoms with van der Waals surface area (Å²) in [6.07, 6.45) is 3.47. The highest BCUT2D eigenvalue weighted by Crippen LogP contribution is 2.36. The molecule has 0 radical (unpaired) electrons. The van der Waals surface area contributed by atoms with Gasteiger partial charge in [-0.15, -0.1) is 22.7 Å². The molecular formula is C15H18ClNOS2. The van der Waals surface area contributed by atoms with E-state index in [2.05, 4.69) is 28.9 Å². The van der Waals surface area contributed by atoms with Gasteiger partial charge in [0.2, 0.25) is 0 Å². The van der Waals surface area contributed by atoms with Gasteiger partial charge in [0.1, 0.15) is 0 Å². The highest BCUT2D eigenvalue weighted by Gasteiger charge is 2.30. The number of hydrogen-bond acceptors (Lipinski definition) is 4. The zero-order valence-corrected chi connectivity index (χ0v) is 13.5. The third-order valence-electron chi connectivity index (χ3n) is 3.98. The Labute approximate surface area is 132 Å². The maximum absolute atomic E-state index is 9.50. The first kappa shape index (κ1) is 14.5. The summed E-state index contributed by atoms with van der Waals surface area (Å²) < 4.78 is 0.827. The average Bonchev–Trinajstić information content (AvgIpc) is 3.17. The quantitative estimate of drug-likeness (QED) is 0.858. The van der Waals surface area contributed by atoms with Crippen molar-refractivity contribution in [2.24, 2.45) is 5.92 Å². The van der Waals surface area contributed by atoms with Crippen LogP contribution >= 0.6 is 34.3 Å². The fourth-order valence-corrected chi connectivity index (χ4v) is 4.95. The molecule has 1 saturated carbocycles. The van der Waals surface area contributed by atoms with E-state index in [4.69, 9.17) is 11.6 Å². The fraction of sp³-hybridized carbons (Fsp3) is 0.467. The molecule has 1 fully saturated rings. The summed E-state index contributed by atoms with van der Waals surface area (Å²) in [4.78, 5) is 2.56. The Morgan fingerprint density at radius 3 is 2.85 bits per heavy atom. The summed E-state index contributed by atoms with van der Waals surface area (Å²) in [6, 6.07) is 8.91. The normalized spacial score (nSPS) is 24.1. The van der Waals surface area contributed by atoms with Gasteiger partial charge in [0.15, 0.2) is 0 Å². The second kappa shape index (κ2) is 6.58. The average molecular weight is 328 g/mol. The first-order valence-corrected chi connectivity index (χ1v) is 9.01. The maximum Gasteiger partial charge on any atom is 0.0931 e. The predicted molar refractivity (Wildman–Crippen MR) is 86.8 cm³/mol. The van der Waals surface area contributed by atoms with Crippen LogP contribution in [0.25, 0.3) is 0 Å². The summed E-state index contributed by atoms with van der Waals surface area (Å²) in [6.45, 7) is 0.278. The summed E-state index contributed by atoms with van der Waals surface area (Å²) in [5.74, 6) is 0.382. The highest BCUT2D eigenvalue weighted by molar-refractivity contribution is 7.16. The monoisotopic (exact) mass is 327 g/mol. The van der Waals surface area contributed by atoms with Gasteiger partial charge in [-0.1, -0.05) is 24.1 Å². The molecule has 2 aromatic heterocycles. The second-order valence-electron chi connectivity index (χ2n) is 5.24. The lowest BCUT2D eigenvalue weighted by atomic mass is 10.0. The number of nitrogens with one attached hydrogen (secondary N) is 1. The van der Waals surface area contributed by atoms with Gasteiger partial charge in [-0.25, -0.2) is 0 Å². The third-order valence-corrected chi connectivity index (χ3v) is 6.21. The molecular weight excluding hydrogens is 310 g/mol. The van der Waals surface area contributed by atoms with Crippen LogP contribution in [-0.2, 0) is 0 Å². The third kappa shape index (κ3) is 3.10. The van der Waals surface area contributed by atoms with Crippen molar-refractivity contribution in [3.63, 3.8) is 0 Å². The molecule has 108 valence electrons. The van der Waals surface area contributed by atoms with Crippen LogP contribution in [0.5, 0.6) is 0 Å². The minimum atomic E-state index is 0.199. The van der Waals surface area contributed by atoms with Gasteiger partial charge in [-0.3, -0.25) is 0 Å². The van der Waals surface area contributed by atoms with Gasteiger partial charge >= 0.3 is 0 Å². The lowest BCUT2D eigenvalue weighted by Gasteiger charge is -2.25. The molecule has 2 N–H and O–H groups in total. The zero-order chi connectivity index (χ0) is 13.9. The molecule has 1 aliphatic rings. The van der Waals surface area contributed by atoms with E-state index in [1.165, 1.54) is 16.2 Å². The van der Waals surface area contributed by atoms with Gasteiger partial charge < -0.3 is 10.4 Å². The second-order valence-corrected chi connectivity index (χ2v) is 7.96.